The van der Waals surface area contributed by atoms with Crippen LogP contribution in [-0.2, 0) is 21.2 Å². The van der Waals surface area contributed by atoms with Gasteiger partial charge in [0.1, 0.15) is 11.6 Å². The first-order valence-corrected chi connectivity index (χ1v) is 10.2. The molecular weight excluding hydrogens is 390 g/mol. The Labute approximate surface area is 162 Å². The Balaban J connectivity index is 1.57. The first-order valence-electron chi connectivity index (χ1n) is 8.78. The number of amides is 1. The molecule has 0 radical (unpaired) electrons. The second-order valence-electron chi connectivity index (χ2n) is 6.29. The molecule has 1 aliphatic rings. The summed E-state index contributed by atoms with van der Waals surface area (Å²) in [6.07, 6.45) is 0.417. The van der Waals surface area contributed by atoms with Gasteiger partial charge in [-0.15, -0.1) is 0 Å². The number of carbonyl (C=O) groups is 1. The largest absolute Gasteiger partial charge is 0.379 e. The lowest BCUT2D eigenvalue weighted by molar-refractivity contribution is 0.0730. The summed E-state index contributed by atoms with van der Waals surface area (Å²) < 4.78 is 58.4. The maximum Gasteiger partial charge on any atom is 0.254 e. The number of benzene rings is 2. The molecule has 0 aromatic heterocycles. The lowest BCUT2D eigenvalue weighted by Gasteiger charge is -2.26. The molecule has 1 N–H and O–H groups in total. The molecule has 0 spiro atoms. The van der Waals surface area contributed by atoms with E-state index in [0.29, 0.717) is 32.7 Å². The maximum absolute atomic E-state index is 13.6. The Bertz CT molecular complexity index is 943. The SMILES string of the molecule is O=C(NCCc1ccc(S(=O)(=O)N2CCOCC2)cc1)c1cc(F)ccc1F. The minimum Gasteiger partial charge on any atom is -0.379 e. The maximum atomic E-state index is 13.6. The van der Waals surface area contributed by atoms with Gasteiger partial charge in [-0.3, -0.25) is 4.79 Å². The van der Waals surface area contributed by atoms with Crippen LogP contribution in [0, 0.1) is 11.6 Å². The lowest BCUT2D eigenvalue weighted by atomic mass is 10.1. The van der Waals surface area contributed by atoms with E-state index < -0.39 is 27.6 Å². The number of halogens is 2. The van der Waals surface area contributed by atoms with Crippen LogP contribution >= 0.6 is 0 Å². The second-order valence-corrected chi connectivity index (χ2v) is 8.23. The van der Waals surface area contributed by atoms with Gasteiger partial charge in [0.05, 0.1) is 23.7 Å². The Kier molecular flexibility index (Phi) is 6.38. The van der Waals surface area contributed by atoms with E-state index in [0.717, 1.165) is 23.8 Å². The van der Waals surface area contributed by atoms with Gasteiger partial charge in [-0.25, -0.2) is 17.2 Å². The first kappa shape index (κ1) is 20.4. The number of morpholine rings is 1. The third-order valence-corrected chi connectivity index (χ3v) is 6.32. The molecule has 9 heteroatoms. The monoisotopic (exact) mass is 410 g/mol. The standard InChI is InChI=1S/C19H20F2N2O4S/c20-15-3-6-18(21)17(13-15)19(24)22-8-7-14-1-4-16(5-2-14)28(25,26)23-9-11-27-12-10-23/h1-6,13H,7-12H2,(H,22,24). The molecule has 0 saturated carbocycles. The fourth-order valence-electron chi connectivity index (χ4n) is 2.85. The van der Waals surface area contributed by atoms with Gasteiger partial charge in [0.25, 0.3) is 5.91 Å². The van der Waals surface area contributed by atoms with E-state index in [1.807, 2.05) is 0 Å². The van der Waals surface area contributed by atoms with Gasteiger partial charge in [0.15, 0.2) is 0 Å². The van der Waals surface area contributed by atoms with Crippen LogP contribution in [0.4, 0.5) is 8.78 Å². The zero-order chi connectivity index (χ0) is 20.1. The summed E-state index contributed by atoms with van der Waals surface area (Å²) >= 11 is 0. The Hall–Kier alpha value is -2.36. The second kappa shape index (κ2) is 8.76. The van der Waals surface area contributed by atoms with Crippen molar-refractivity contribution in [2.24, 2.45) is 0 Å². The molecule has 1 aliphatic heterocycles. The van der Waals surface area contributed by atoms with Gasteiger partial charge < -0.3 is 10.1 Å². The van der Waals surface area contributed by atoms with E-state index in [-0.39, 0.29) is 17.0 Å². The number of hydrogen-bond donors (Lipinski definition) is 1. The molecule has 150 valence electrons. The van der Waals surface area contributed by atoms with E-state index in [9.17, 15) is 22.0 Å². The van der Waals surface area contributed by atoms with Crippen LogP contribution in [0.2, 0.25) is 0 Å². The Morgan fingerprint density at radius 3 is 2.43 bits per heavy atom. The fourth-order valence-corrected chi connectivity index (χ4v) is 4.26. The van der Waals surface area contributed by atoms with Gasteiger partial charge >= 0.3 is 0 Å². The molecule has 2 aromatic carbocycles. The fraction of sp³-hybridized carbons (Fsp3) is 0.316. The summed E-state index contributed by atoms with van der Waals surface area (Å²) in [5.74, 6) is -2.19. The van der Waals surface area contributed by atoms with Crippen LogP contribution < -0.4 is 5.32 Å². The first-order chi connectivity index (χ1) is 13.4. The highest BCUT2D eigenvalue weighted by atomic mass is 32.2. The molecule has 1 amide bonds. The topological polar surface area (TPSA) is 75.7 Å². The van der Waals surface area contributed by atoms with Crippen molar-refractivity contribution in [3.8, 4) is 0 Å². The van der Waals surface area contributed by atoms with Crippen molar-refractivity contribution < 1.29 is 26.7 Å². The van der Waals surface area contributed by atoms with Crippen LogP contribution in [0.3, 0.4) is 0 Å². The average Bonchev–Trinajstić information content (AvgIpc) is 2.71. The summed E-state index contributed by atoms with van der Waals surface area (Å²) in [7, 11) is -3.55. The Morgan fingerprint density at radius 1 is 1.07 bits per heavy atom. The van der Waals surface area contributed by atoms with Gasteiger partial charge in [0, 0.05) is 19.6 Å². The van der Waals surface area contributed by atoms with E-state index in [4.69, 9.17) is 4.74 Å². The van der Waals surface area contributed by atoms with Gasteiger partial charge in [-0.1, -0.05) is 12.1 Å². The molecule has 1 saturated heterocycles. The van der Waals surface area contributed by atoms with E-state index >= 15 is 0 Å². The number of rotatable bonds is 6. The zero-order valence-corrected chi connectivity index (χ0v) is 15.8. The normalized spacial score (nSPS) is 15.4. The predicted octanol–water partition coefficient (Wildman–Crippen LogP) is 1.96. The number of sulfonamides is 1. The van der Waals surface area contributed by atoms with Crippen molar-refractivity contribution in [2.75, 3.05) is 32.8 Å². The van der Waals surface area contributed by atoms with Gasteiger partial charge in [0.2, 0.25) is 10.0 Å². The van der Waals surface area contributed by atoms with Crippen LogP contribution in [0.1, 0.15) is 15.9 Å². The molecule has 1 fully saturated rings. The Morgan fingerprint density at radius 2 is 1.75 bits per heavy atom. The van der Waals surface area contributed by atoms with Crippen molar-refractivity contribution in [3.05, 3.63) is 65.2 Å². The van der Waals surface area contributed by atoms with Crippen LogP contribution in [0.25, 0.3) is 0 Å². The van der Waals surface area contributed by atoms with Gasteiger partial charge in [-0.05, 0) is 42.3 Å². The molecule has 3 rings (SSSR count). The number of hydrogen-bond acceptors (Lipinski definition) is 4. The molecule has 0 unspecified atom stereocenters. The number of nitrogens with one attached hydrogen (secondary N) is 1. The third-order valence-electron chi connectivity index (χ3n) is 4.40. The molecule has 0 bridgehead atoms. The molecule has 28 heavy (non-hydrogen) atoms. The quantitative estimate of drug-likeness (QED) is 0.790. The number of ether oxygens (including phenoxy) is 1. The molecular formula is C19H20F2N2O4S. The van der Waals surface area contributed by atoms with E-state index in [1.54, 1.807) is 12.1 Å². The molecule has 0 atom stereocenters. The molecule has 2 aromatic rings. The van der Waals surface area contributed by atoms with Crippen LogP contribution in [-0.4, -0.2) is 51.5 Å². The van der Waals surface area contributed by atoms with Crippen LogP contribution in [0.5, 0.6) is 0 Å². The van der Waals surface area contributed by atoms with Crippen molar-refractivity contribution in [3.63, 3.8) is 0 Å². The summed E-state index contributed by atoms with van der Waals surface area (Å²) in [4.78, 5) is 12.2. The van der Waals surface area contributed by atoms with Crippen molar-refractivity contribution in [2.45, 2.75) is 11.3 Å². The average molecular weight is 410 g/mol. The van der Waals surface area contributed by atoms with E-state index in [2.05, 4.69) is 5.32 Å². The summed E-state index contributed by atoms with van der Waals surface area (Å²) in [5.41, 5.74) is 0.452. The summed E-state index contributed by atoms with van der Waals surface area (Å²) in [6, 6.07) is 9.07. The van der Waals surface area contributed by atoms with Gasteiger partial charge in [-0.2, -0.15) is 4.31 Å². The molecule has 6 nitrogen and oxygen atoms in total. The predicted molar refractivity (Wildman–Crippen MR) is 98.4 cm³/mol. The highest BCUT2D eigenvalue weighted by molar-refractivity contribution is 7.89. The van der Waals surface area contributed by atoms with Crippen molar-refractivity contribution in [1.29, 1.82) is 0 Å². The molecule has 1 heterocycles. The van der Waals surface area contributed by atoms with E-state index in [1.165, 1.54) is 16.4 Å². The summed E-state index contributed by atoms with van der Waals surface area (Å²) in [6.45, 7) is 1.61. The zero-order valence-electron chi connectivity index (χ0n) is 15.0. The van der Waals surface area contributed by atoms with Crippen molar-refractivity contribution in [1.82, 2.24) is 9.62 Å². The van der Waals surface area contributed by atoms with Crippen LogP contribution in [0.15, 0.2) is 47.4 Å². The lowest BCUT2D eigenvalue weighted by Crippen LogP contribution is -2.40. The van der Waals surface area contributed by atoms with Crippen molar-refractivity contribution >= 4 is 15.9 Å². The summed E-state index contributed by atoms with van der Waals surface area (Å²) in [5, 5.41) is 2.53. The minimum absolute atomic E-state index is 0.198. The third kappa shape index (κ3) is 4.73. The highest BCUT2D eigenvalue weighted by Gasteiger charge is 2.26. The minimum atomic E-state index is -3.55. The molecule has 0 aliphatic carbocycles. The number of carbonyl (C=O) groups excluding carboxylic acids is 1. The smallest absolute Gasteiger partial charge is 0.254 e. The number of nitrogens with zero attached hydrogens (tertiary/aromatic N) is 1. The highest BCUT2D eigenvalue weighted by Crippen LogP contribution is 2.18.